The molecule has 21 heavy (non-hydrogen) atoms. The van der Waals surface area contributed by atoms with Gasteiger partial charge in [0.25, 0.3) is 0 Å². The van der Waals surface area contributed by atoms with E-state index in [1.165, 1.54) is 73.6 Å². The van der Waals surface area contributed by atoms with Crippen LogP contribution in [-0.2, 0) is 19.3 Å². The van der Waals surface area contributed by atoms with Gasteiger partial charge in [0.2, 0.25) is 0 Å². The molecule has 4 bridgehead atoms. The van der Waals surface area contributed by atoms with Crippen LogP contribution in [0.15, 0.2) is 48.5 Å². The highest BCUT2D eigenvalue weighted by Crippen LogP contribution is 2.16. The monoisotopic (exact) mass is 278 g/mol. The fourth-order valence-corrected chi connectivity index (χ4v) is 3.25. The Kier molecular flexibility index (Phi) is 5.10. The lowest BCUT2D eigenvalue weighted by atomic mass is 10.00. The van der Waals surface area contributed by atoms with Gasteiger partial charge in [0.05, 0.1) is 0 Å². The Morgan fingerprint density at radius 1 is 0.381 bits per heavy atom. The van der Waals surface area contributed by atoms with Crippen molar-refractivity contribution in [1.82, 2.24) is 0 Å². The van der Waals surface area contributed by atoms with Crippen LogP contribution in [-0.4, -0.2) is 0 Å². The largest absolute Gasteiger partial charge is 0.0588 e. The first kappa shape index (κ1) is 14.4. The second-order valence-corrected chi connectivity index (χ2v) is 6.43. The zero-order valence-electron chi connectivity index (χ0n) is 13.0. The number of hydrogen-bond donors (Lipinski definition) is 0. The third-order valence-corrected chi connectivity index (χ3v) is 4.64. The number of hydrogen-bond acceptors (Lipinski definition) is 0. The second-order valence-electron chi connectivity index (χ2n) is 6.43. The molecule has 0 heteroatoms. The van der Waals surface area contributed by atoms with Crippen LogP contribution in [0.2, 0.25) is 0 Å². The zero-order valence-corrected chi connectivity index (χ0v) is 13.0. The Balaban J connectivity index is 1.75. The highest BCUT2D eigenvalue weighted by Gasteiger charge is 2.01. The van der Waals surface area contributed by atoms with Gasteiger partial charge in [-0.25, -0.2) is 0 Å². The normalized spacial score (nSPS) is 16.8. The molecule has 0 N–H and O–H groups in total. The van der Waals surface area contributed by atoms with Gasteiger partial charge in [-0.3, -0.25) is 0 Å². The Bertz CT molecular complexity index is 482. The third-order valence-electron chi connectivity index (χ3n) is 4.64. The lowest BCUT2D eigenvalue weighted by Crippen LogP contribution is -1.91. The van der Waals surface area contributed by atoms with E-state index in [0.29, 0.717) is 0 Å². The summed E-state index contributed by atoms with van der Waals surface area (Å²) in [5.74, 6) is 0. The van der Waals surface area contributed by atoms with Crippen LogP contribution in [0, 0.1) is 0 Å². The van der Waals surface area contributed by atoms with Gasteiger partial charge in [-0.1, -0.05) is 74.2 Å². The molecule has 4 aliphatic carbocycles. The molecule has 0 spiro atoms. The standard InChI is InChI=1S/C21H26/c1-2-4-6-8-19-11-15-21(16-12-19)17-20-13-9-18(10-14-20)7-5-3-1/h9-16H,1-8,17H2. The van der Waals surface area contributed by atoms with Crippen molar-refractivity contribution in [2.45, 2.75) is 57.8 Å². The van der Waals surface area contributed by atoms with Crippen molar-refractivity contribution in [2.75, 3.05) is 0 Å². The maximum absolute atomic E-state index is 2.32. The van der Waals surface area contributed by atoms with E-state index in [1.807, 2.05) is 0 Å². The van der Waals surface area contributed by atoms with Gasteiger partial charge in [-0.2, -0.15) is 0 Å². The molecule has 0 saturated carbocycles. The van der Waals surface area contributed by atoms with Crippen molar-refractivity contribution in [3.05, 3.63) is 70.8 Å². The molecule has 0 radical (unpaired) electrons. The lowest BCUT2D eigenvalue weighted by Gasteiger charge is -2.06. The molecule has 0 atom stereocenters. The number of aryl methyl sites for hydroxylation is 2. The predicted molar refractivity (Wildman–Crippen MR) is 90.8 cm³/mol. The summed E-state index contributed by atoms with van der Waals surface area (Å²) in [5, 5.41) is 0. The Morgan fingerprint density at radius 3 is 1.14 bits per heavy atom. The van der Waals surface area contributed by atoms with Crippen LogP contribution in [0.5, 0.6) is 0 Å². The molecule has 0 nitrogen and oxygen atoms in total. The molecule has 110 valence electrons. The summed E-state index contributed by atoms with van der Waals surface area (Å²) in [6, 6.07) is 18.5. The quantitative estimate of drug-likeness (QED) is 0.578. The van der Waals surface area contributed by atoms with E-state index in [-0.39, 0.29) is 0 Å². The predicted octanol–water partition coefficient (Wildman–Crippen LogP) is 5.72. The van der Waals surface area contributed by atoms with E-state index < -0.39 is 0 Å². The maximum Gasteiger partial charge on any atom is -0.00258 e. The van der Waals surface area contributed by atoms with E-state index in [4.69, 9.17) is 0 Å². The minimum Gasteiger partial charge on any atom is -0.0588 e. The van der Waals surface area contributed by atoms with Gasteiger partial charge in [-0.15, -0.1) is 0 Å². The highest BCUT2D eigenvalue weighted by atomic mass is 14.1. The molecule has 0 fully saturated rings. The molecule has 2 aromatic rings. The summed E-state index contributed by atoms with van der Waals surface area (Å²) < 4.78 is 0. The maximum atomic E-state index is 2.32. The average Bonchev–Trinajstić information content (AvgIpc) is 2.53. The summed E-state index contributed by atoms with van der Waals surface area (Å²) in [6.07, 6.45) is 11.8. The van der Waals surface area contributed by atoms with Crippen LogP contribution < -0.4 is 0 Å². The molecule has 0 heterocycles. The molecule has 6 rings (SSSR count). The molecule has 4 aliphatic rings. The van der Waals surface area contributed by atoms with Gasteiger partial charge < -0.3 is 0 Å². The lowest BCUT2D eigenvalue weighted by molar-refractivity contribution is 0.594. The first-order valence-electron chi connectivity index (χ1n) is 8.56. The van der Waals surface area contributed by atoms with Gasteiger partial charge >= 0.3 is 0 Å². The van der Waals surface area contributed by atoms with Crippen LogP contribution >= 0.6 is 0 Å². The number of rotatable bonds is 0. The van der Waals surface area contributed by atoms with Crippen LogP contribution in [0.1, 0.15) is 60.8 Å². The van der Waals surface area contributed by atoms with Gasteiger partial charge in [-0.05, 0) is 54.4 Å². The summed E-state index contributed by atoms with van der Waals surface area (Å²) in [5.41, 5.74) is 5.85. The smallest absolute Gasteiger partial charge is 0.00258 e. The van der Waals surface area contributed by atoms with E-state index in [1.54, 1.807) is 0 Å². The van der Waals surface area contributed by atoms with Crippen molar-refractivity contribution in [3.63, 3.8) is 0 Å². The molecular weight excluding hydrogens is 252 g/mol. The third kappa shape index (κ3) is 4.46. The Labute approximate surface area is 129 Å². The summed E-state index contributed by atoms with van der Waals surface area (Å²) >= 11 is 0. The molecule has 0 aliphatic heterocycles. The first-order valence-corrected chi connectivity index (χ1v) is 8.56. The van der Waals surface area contributed by atoms with Gasteiger partial charge in [0, 0.05) is 0 Å². The summed E-state index contributed by atoms with van der Waals surface area (Å²) in [7, 11) is 0. The first-order chi connectivity index (χ1) is 10.4. The Morgan fingerprint density at radius 2 is 0.714 bits per heavy atom. The van der Waals surface area contributed by atoms with Crippen molar-refractivity contribution in [1.29, 1.82) is 0 Å². The summed E-state index contributed by atoms with van der Waals surface area (Å²) in [4.78, 5) is 0. The van der Waals surface area contributed by atoms with E-state index >= 15 is 0 Å². The summed E-state index contributed by atoms with van der Waals surface area (Å²) in [6.45, 7) is 0. The van der Waals surface area contributed by atoms with E-state index in [9.17, 15) is 0 Å². The topological polar surface area (TPSA) is 0 Å². The van der Waals surface area contributed by atoms with Gasteiger partial charge in [0.1, 0.15) is 0 Å². The van der Waals surface area contributed by atoms with Crippen molar-refractivity contribution in [3.8, 4) is 0 Å². The van der Waals surface area contributed by atoms with E-state index in [2.05, 4.69) is 48.5 Å². The van der Waals surface area contributed by atoms with Crippen LogP contribution in [0.25, 0.3) is 0 Å². The zero-order chi connectivity index (χ0) is 14.3. The second kappa shape index (κ2) is 7.45. The molecule has 2 aromatic carbocycles. The highest BCUT2D eigenvalue weighted by molar-refractivity contribution is 5.30. The minimum atomic E-state index is 1.06. The molecule has 0 aromatic heterocycles. The van der Waals surface area contributed by atoms with Gasteiger partial charge in [0.15, 0.2) is 0 Å². The van der Waals surface area contributed by atoms with Crippen LogP contribution in [0.3, 0.4) is 0 Å². The fourth-order valence-electron chi connectivity index (χ4n) is 3.25. The molecule has 0 amide bonds. The fraction of sp³-hybridized carbons (Fsp3) is 0.429. The average molecular weight is 278 g/mol. The van der Waals surface area contributed by atoms with E-state index in [0.717, 1.165) is 6.42 Å². The minimum absolute atomic E-state index is 1.06. The molecule has 0 saturated heterocycles. The molecular formula is C21H26. The molecule has 0 unspecified atom stereocenters. The number of benzene rings is 2. The van der Waals surface area contributed by atoms with Crippen LogP contribution in [0.4, 0.5) is 0 Å². The SMILES string of the molecule is c1cc2ccc1CCCCCCCCc1ccc(cc1)C2. The van der Waals surface area contributed by atoms with Crippen molar-refractivity contribution in [2.24, 2.45) is 0 Å². The Hall–Kier alpha value is -1.56. The van der Waals surface area contributed by atoms with Crippen molar-refractivity contribution >= 4 is 0 Å². The van der Waals surface area contributed by atoms with Crippen molar-refractivity contribution < 1.29 is 0 Å².